The first kappa shape index (κ1) is 10.2. The summed E-state index contributed by atoms with van der Waals surface area (Å²) in [5, 5.41) is 3.83. The Labute approximate surface area is 85.6 Å². The van der Waals surface area contributed by atoms with E-state index in [2.05, 4.69) is 16.6 Å². The number of thioether (sulfide) groups is 1. The third-order valence-corrected chi connectivity index (χ3v) is 2.63. The molecule has 0 aliphatic carbocycles. The Morgan fingerprint density at radius 3 is 3.08 bits per heavy atom. The molecule has 0 atom stereocenters. The number of hydrogen-bond acceptors (Lipinski definition) is 5. The highest BCUT2D eigenvalue weighted by Crippen LogP contribution is 2.22. The van der Waals surface area contributed by atoms with Crippen molar-refractivity contribution in [1.29, 1.82) is 0 Å². The van der Waals surface area contributed by atoms with Gasteiger partial charge in [-0.15, -0.1) is 6.58 Å². The van der Waals surface area contributed by atoms with Gasteiger partial charge in [0.2, 0.25) is 5.04 Å². The molecule has 0 aromatic rings. The molecule has 1 aliphatic heterocycles. The number of thiocarbonyl (C=S) groups is 1. The van der Waals surface area contributed by atoms with E-state index in [4.69, 9.17) is 12.2 Å². The van der Waals surface area contributed by atoms with E-state index in [0.717, 1.165) is 11.8 Å². The molecular formula is C7H8N2O2S2. The Kier molecular flexibility index (Phi) is 3.44. The summed E-state index contributed by atoms with van der Waals surface area (Å²) in [6.45, 7) is 3.94. The van der Waals surface area contributed by atoms with Crippen LogP contribution in [-0.4, -0.2) is 33.8 Å². The quantitative estimate of drug-likeness (QED) is 0.401. The van der Waals surface area contributed by atoms with Crippen LogP contribution in [0.4, 0.5) is 0 Å². The zero-order valence-corrected chi connectivity index (χ0v) is 8.65. The van der Waals surface area contributed by atoms with Crippen molar-refractivity contribution in [1.82, 2.24) is 4.90 Å². The largest absolute Gasteiger partial charge is 0.398 e. The molecular weight excluding hydrogens is 208 g/mol. The van der Waals surface area contributed by atoms with Crippen molar-refractivity contribution in [2.45, 2.75) is 0 Å². The van der Waals surface area contributed by atoms with E-state index in [0.29, 0.717) is 10.9 Å². The van der Waals surface area contributed by atoms with Crippen molar-refractivity contribution >= 4 is 39.3 Å². The van der Waals surface area contributed by atoms with Gasteiger partial charge in [0, 0.05) is 6.54 Å². The monoisotopic (exact) mass is 216 g/mol. The molecule has 0 spiro atoms. The van der Waals surface area contributed by atoms with Crippen LogP contribution in [-0.2, 0) is 9.63 Å². The number of oxime groups is 1. The fourth-order valence-corrected chi connectivity index (χ4v) is 1.94. The lowest BCUT2D eigenvalue weighted by Crippen LogP contribution is -2.29. The van der Waals surface area contributed by atoms with Gasteiger partial charge in [-0.1, -0.05) is 23.4 Å². The van der Waals surface area contributed by atoms with Crippen LogP contribution < -0.4 is 0 Å². The van der Waals surface area contributed by atoms with Gasteiger partial charge in [-0.3, -0.25) is 9.69 Å². The van der Waals surface area contributed by atoms with Crippen LogP contribution in [0.25, 0.3) is 0 Å². The standard InChI is InChI=1S/C7H8N2O2S2/c1-3-4-9-6(10)5(8-11-2)13-7(9)12/h3H,1,4H2,2H3/b8-5+. The van der Waals surface area contributed by atoms with Crippen LogP contribution in [0.2, 0.25) is 0 Å². The maximum absolute atomic E-state index is 11.5. The Morgan fingerprint density at radius 1 is 1.85 bits per heavy atom. The minimum absolute atomic E-state index is 0.225. The summed E-state index contributed by atoms with van der Waals surface area (Å²) in [6, 6.07) is 0. The van der Waals surface area contributed by atoms with Gasteiger partial charge in [-0.2, -0.15) is 0 Å². The van der Waals surface area contributed by atoms with Gasteiger partial charge < -0.3 is 4.84 Å². The first-order chi connectivity index (χ1) is 6.20. The van der Waals surface area contributed by atoms with E-state index < -0.39 is 0 Å². The Bertz CT molecular complexity index is 288. The highest BCUT2D eigenvalue weighted by Gasteiger charge is 2.33. The van der Waals surface area contributed by atoms with Crippen LogP contribution in [0.1, 0.15) is 0 Å². The molecule has 1 saturated heterocycles. The average Bonchev–Trinajstić information content (AvgIpc) is 2.34. The third kappa shape index (κ3) is 2.07. The lowest BCUT2D eigenvalue weighted by molar-refractivity contribution is -0.119. The zero-order chi connectivity index (χ0) is 9.84. The Hall–Kier alpha value is -0.880. The summed E-state index contributed by atoms with van der Waals surface area (Å²) in [5.74, 6) is -0.225. The SMILES string of the molecule is C=CCN1C(=O)/C(=N\OC)SC1=S. The van der Waals surface area contributed by atoms with Crippen molar-refractivity contribution in [3.8, 4) is 0 Å². The lowest BCUT2D eigenvalue weighted by atomic mass is 10.5. The van der Waals surface area contributed by atoms with Crippen LogP contribution >= 0.6 is 24.0 Å². The number of amides is 1. The number of nitrogens with zero attached hydrogens (tertiary/aromatic N) is 2. The molecule has 1 aliphatic rings. The second kappa shape index (κ2) is 4.38. The summed E-state index contributed by atoms with van der Waals surface area (Å²) in [7, 11) is 1.39. The zero-order valence-electron chi connectivity index (χ0n) is 7.02. The predicted molar refractivity (Wildman–Crippen MR) is 56.5 cm³/mol. The second-order valence-corrected chi connectivity index (χ2v) is 3.77. The van der Waals surface area contributed by atoms with Crippen molar-refractivity contribution in [3.05, 3.63) is 12.7 Å². The first-order valence-corrected chi connectivity index (χ1v) is 4.69. The highest BCUT2D eigenvalue weighted by atomic mass is 32.2. The fourth-order valence-electron chi connectivity index (χ4n) is 0.807. The third-order valence-electron chi connectivity index (χ3n) is 1.32. The maximum atomic E-state index is 11.5. The van der Waals surface area contributed by atoms with E-state index in [-0.39, 0.29) is 11.0 Å². The van der Waals surface area contributed by atoms with E-state index in [1.54, 1.807) is 6.08 Å². The molecule has 0 aromatic heterocycles. The minimum atomic E-state index is -0.225. The number of carbonyl (C=O) groups excluding carboxylic acids is 1. The highest BCUT2D eigenvalue weighted by molar-refractivity contribution is 8.35. The fraction of sp³-hybridized carbons (Fsp3) is 0.286. The topological polar surface area (TPSA) is 41.9 Å². The average molecular weight is 216 g/mol. The Morgan fingerprint density at radius 2 is 2.54 bits per heavy atom. The molecule has 70 valence electrons. The number of hydrogen-bond donors (Lipinski definition) is 0. The maximum Gasteiger partial charge on any atom is 0.288 e. The normalized spacial score (nSPS) is 19.8. The summed E-state index contributed by atoms with van der Waals surface area (Å²) in [5.41, 5.74) is 0. The van der Waals surface area contributed by atoms with E-state index in [1.165, 1.54) is 12.0 Å². The van der Waals surface area contributed by atoms with Crippen LogP contribution in [0, 0.1) is 0 Å². The van der Waals surface area contributed by atoms with Gasteiger partial charge in [0.1, 0.15) is 11.4 Å². The minimum Gasteiger partial charge on any atom is -0.398 e. The van der Waals surface area contributed by atoms with Crippen LogP contribution in [0.5, 0.6) is 0 Å². The predicted octanol–water partition coefficient (Wildman–Crippen LogP) is 0.993. The molecule has 0 N–H and O–H groups in total. The molecule has 1 rings (SSSR count). The van der Waals surface area contributed by atoms with E-state index in [9.17, 15) is 4.79 Å². The molecule has 1 fully saturated rings. The van der Waals surface area contributed by atoms with Gasteiger partial charge in [-0.05, 0) is 11.8 Å². The van der Waals surface area contributed by atoms with Crippen LogP contribution in [0.15, 0.2) is 17.8 Å². The molecule has 0 unspecified atom stereocenters. The summed E-state index contributed by atoms with van der Waals surface area (Å²) < 4.78 is 0.487. The molecule has 0 saturated carbocycles. The first-order valence-electron chi connectivity index (χ1n) is 3.46. The molecule has 13 heavy (non-hydrogen) atoms. The van der Waals surface area contributed by atoms with E-state index >= 15 is 0 Å². The molecule has 1 amide bonds. The molecule has 1 heterocycles. The molecule has 0 bridgehead atoms. The molecule has 6 heteroatoms. The summed E-state index contributed by atoms with van der Waals surface area (Å²) in [6.07, 6.45) is 1.61. The molecule has 0 radical (unpaired) electrons. The Balaban J connectivity index is 2.81. The summed E-state index contributed by atoms with van der Waals surface area (Å²) >= 11 is 6.09. The van der Waals surface area contributed by atoms with Crippen LogP contribution in [0.3, 0.4) is 0 Å². The van der Waals surface area contributed by atoms with Crippen molar-refractivity contribution in [2.75, 3.05) is 13.7 Å². The van der Waals surface area contributed by atoms with Crippen molar-refractivity contribution in [2.24, 2.45) is 5.16 Å². The molecule has 4 nitrogen and oxygen atoms in total. The van der Waals surface area contributed by atoms with Crippen molar-refractivity contribution in [3.63, 3.8) is 0 Å². The van der Waals surface area contributed by atoms with Gasteiger partial charge >= 0.3 is 0 Å². The van der Waals surface area contributed by atoms with Gasteiger partial charge in [0.05, 0.1) is 0 Å². The number of carbonyl (C=O) groups is 1. The van der Waals surface area contributed by atoms with E-state index in [1.807, 2.05) is 0 Å². The van der Waals surface area contributed by atoms with Crippen molar-refractivity contribution < 1.29 is 9.63 Å². The lowest BCUT2D eigenvalue weighted by Gasteiger charge is -2.09. The van der Waals surface area contributed by atoms with Gasteiger partial charge in [-0.25, -0.2) is 0 Å². The van der Waals surface area contributed by atoms with Gasteiger partial charge in [0.15, 0.2) is 0 Å². The summed E-state index contributed by atoms with van der Waals surface area (Å²) in [4.78, 5) is 17.4. The smallest absolute Gasteiger partial charge is 0.288 e. The molecule has 0 aromatic carbocycles. The number of rotatable bonds is 3. The van der Waals surface area contributed by atoms with Gasteiger partial charge in [0.25, 0.3) is 5.91 Å². The second-order valence-electron chi connectivity index (χ2n) is 2.15.